The topological polar surface area (TPSA) is 47.0 Å². The van der Waals surface area contributed by atoms with Crippen LogP contribution in [0.3, 0.4) is 0 Å². The van der Waals surface area contributed by atoms with Gasteiger partial charge in [0.25, 0.3) is 0 Å². The van der Waals surface area contributed by atoms with E-state index in [1.54, 1.807) is 12.1 Å². The monoisotopic (exact) mass is 407 g/mol. The van der Waals surface area contributed by atoms with Crippen molar-refractivity contribution in [2.75, 3.05) is 6.26 Å². The Labute approximate surface area is 162 Å². The fourth-order valence-electron chi connectivity index (χ4n) is 4.22. The quantitative estimate of drug-likeness (QED) is 0.686. The number of nitrogens with zero attached hydrogens (tertiary/aromatic N) is 1. The number of pyridine rings is 1. The molecular formula is C21H20F3NO2S. The lowest BCUT2D eigenvalue weighted by Gasteiger charge is -2.39. The molecule has 0 bridgehead atoms. The Morgan fingerprint density at radius 2 is 1.61 bits per heavy atom. The van der Waals surface area contributed by atoms with Crippen molar-refractivity contribution in [3.8, 4) is 0 Å². The molecule has 3 nitrogen and oxygen atoms in total. The summed E-state index contributed by atoms with van der Waals surface area (Å²) in [4.78, 5) is 4.52. The van der Waals surface area contributed by atoms with Gasteiger partial charge in [0.2, 0.25) is 0 Å². The van der Waals surface area contributed by atoms with Crippen LogP contribution in [0.15, 0.2) is 47.5 Å². The van der Waals surface area contributed by atoms with Crippen molar-refractivity contribution in [2.45, 2.75) is 43.2 Å². The van der Waals surface area contributed by atoms with Crippen LogP contribution in [0.5, 0.6) is 0 Å². The van der Waals surface area contributed by atoms with Gasteiger partial charge in [0.15, 0.2) is 9.84 Å². The van der Waals surface area contributed by atoms with Gasteiger partial charge < -0.3 is 0 Å². The summed E-state index contributed by atoms with van der Waals surface area (Å²) in [5.74, 6) is 0. The molecule has 0 N–H and O–H groups in total. The number of aromatic nitrogens is 1. The molecule has 2 aromatic rings. The molecule has 4 rings (SSSR count). The molecule has 1 saturated carbocycles. The minimum absolute atomic E-state index is 0.157. The molecule has 0 radical (unpaired) electrons. The first-order valence-corrected chi connectivity index (χ1v) is 11.0. The summed E-state index contributed by atoms with van der Waals surface area (Å²) in [5, 5.41) is 0. The average Bonchev–Trinajstić information content (AvgIpc) is 3.02. The van der Waals surface area contributed by atoms with Crippen molar-refractivity contribution in [3.63, 3.8) is 0 Å². The zero-order valence-corrected chi connectivity index (χ0v) is 16.2. The molecule has 28 heavy (non-hydrogen) atoms. The molecule has 0 amide bonds. The molecule has 0 saturated heterocycles. The van der Waals surface area contributed by atoms with E-state index in [9.17, 15) is 21.6 Å². The summed E-state index contributed by atoms with van der Waals surface area (Å²) in [6, 6.07) is 8.54. The number of rotatable bonds is 3. The number of sulfone groups is 1. The molecule has 0 unspecified atom stereocenters. The second kappa shape index (κ2) is 6.44. The molecule has 0 atom stereocenters. The second-order valence-corrected chi connectivity index (χ2v) is 9.91. The van der Waals surface area contributed by atoms with Crippen molar-refractivity contribution in [2.24, 2.45) is 5.41 Å². The van der Waals surface area contributed by atoms with Crippen LogP contribution < -0.4 is 0 Å². The van der Waals surface area contributed by atoms with Crippen LogP contribution in [0.4, 0.5) is 13.2 Å². The van der Waals surface area contributed by atoms with Crippen molar-refractivity contribution in [1.82, 2.24) is 4.98 Å². The average molecular weight is 407 g/mol. The third-order valence-electron chi connectivity index (χ3n) is 5.92. The molecule has 1 heterocycles. The van der Waals surface area contributed by atoms with Gasteiger partial charge >= 0.3 is 6.18 Å². The number of allylic oxidation sites excluding steroid dienone is 2. The summed E-state index contributed by atoms with van der Waals surface area (Å²) in [6.07, 6.45) is 3.14. The molecule has 1 aromatic carbocycles. The van der Waals surface area contributed by atoms with E-state index in [2.05, 4.69) is 4.98 Å². The number of halogens is 3. The van der Waals surface area contributed by atoms with E-state index in [-0.39, 0.29) is 10.3 Å². The summed E-state index contributed by atoms with van der Waals surface area (Å²) in [5.41, 5.74) is 3.02. The molecule has 1 aromatic heterocycles. The van der Waals surface area contributed by atoms with Crippen molar-refractivity contribution < 1.29 is 21.6 Å². The summed E-state index contributed by atoms with van der Waals surface area (Å²) < 4.78 is 62.0. The highest BCUT2D eigenvalue weighted by Gasteiger charge is 2.44. The number of hydrogen-bond donors (Lipinski definition) is 0. The third kappa shape index (κ3) is 3.48. The molecule has 7 heteroatoms. The Morgan fingerprint density at radius 3 is 2.07 bits per heavy atom. The maximum Gasteiger partial charge on any atom is 0.416 e. The molecule has 2 aliphatic carbocycles. The van der Waals surface area contributed by atoms with E-state index in [4.69, 9.17) is 0 Å². The molecular weight excluding hydrogens is 387 g/mol. The lowest BCUT2D eigenvalue weighted by atomic mass is 9.66. The molecule has 1 spiro atoms. The van der Waals surface area contributed by atoms with Gasteiger partial charge in [0.1, 0.15) is 0 Å². The minimum Gasteiger partial charge on any atom is -0.255 e. The molecule has 0 aliphatic heterocycles. The number of benzene rings is 1. The summed E-state index contributed by atoms with van der Waals surface area (Å²) in [7, 11) is -3.33. The van der Waals surface area contributed by atoms with Crippen LogP contribution in [0.25, 0.3) is 11.1 Å². The SMILES string of the molecule is CS(=O)(=O)c1ccc(C2=C(c3ccc(C(F)(F)F)cc3)CC3(CCC3)C2)nc1. The Hall–Kier alpha value is -2.15. The maximum absolute atomic E-state index is 12.9. The van der Waals surface area contributed by atoms with Crippen molar-refractivity contribution in [3.05, 3.63) is 59.4 Å². The fourth-order valence-corrected chi connectivity index (χ4v) is 4.78. The lowest BCUT2D eigenvalue weighted by molar-refractivity contribution is -0.137. The normalized spacial score (nSPS) is 19.1. The first-order valence-electron chi connectivity index (χ1n) is 9.14. The van der Waals surface area contributed by atoms with Gasteiger partial charge in [-0.15, -0.1) is 0 Å². The van der Waals surface area contributed by atoms with Crippen molar-refractivity contribution in [1.29, 1.82) is 0 Å². The Kier molecular flexibility index (Phi) is 4.41. The Balaban J connectivity index is 1.74. The maximum atomic E-state index is 12.9. The van der Waals surface area contributed by atoms with Gasteiger partial charge in [-0.1, -0.05) is 18.6 Å². The number of alkyl halides is 3. The van der Waals surface area contributed by atoms with Crippen LogP contribution in [0.1, 0.15) is 48.9 Å². The molecule has 1 fully saturated rings. The van der Waals surface area contributed by atoms with E-state index < -0.39 is 21.6 Å². The van der Waals surface area contributed by atoms with E-state index in [0.29, 0.717) is 5.69 Å². The molecule has 148 valence electrons. The highest BCUT2D eigenvalue weighted by Crippen LogP contribution is 2.59. The zero-order valence-electron chi connectivity index (χ0n) is 15.4. The van der Waals surface area contributed by atoms with Gasteiger partial charge in [-0.05, 0) is 72.1 Å². The predicted molar refractivity (Wildman–Crippen MR) is 101 cm³/mol. The van der Waals surface area contributed by atoms with E-state index >= 15 is 0 Å². The van der Waals surface area contributed by atoms with Crippen LogP contribution >= 0.6 is 0 Å². The van der Waals surface area contributed by atoms with E-state index in [1.807, 2.05) is 0 Å². The van der Waals surface area contributed by atoms with Crippen LogP contribution in [-0.4, -0.2) is 19.7 Å². The van der Waals surface area contributed by atoms with Gasteiger partial charge in [-0.2, -0.15) is 13.2 Å². The smallest absolute Gasteiger partial charge is 0.255 e. The Bertz CT molecular complexity index is 1030. The van der Waals surface area contributed by atoms with Crippen LogP contribution in [0.2, 0.25) is 0 Å². The van der Waals surface area contributed by atoms with Crippen molar-refractivity contribution >= 4 is 21.0 Å². The third-order valence-corrected chi connectivity index (χ3v) is 7.01. The predicted octanol–water partition coefficient (Wildman–Crippen LogP) is 5.38. The standard InChI is InChI=1S/C21H20F3NO2S/c1-28(26,27)16-7-8-19(25-13-16)18-12-20(9-2-10-20)11-17(18)14-3-5-15(6-4-14)21(22,23)24/h3-8,13H,2,9-12H2,1H3. The Morgan fingerprint density at radius 1 is 0.964 bits per heavy atom. The second-order valence-electron chi connectivity index (χ2n) is 7.89. The van der Waals surface area contributed by atoms with Gasteiger partial charge in [-0.3, -0.25) is 4.98 Å². The fraction of sp³-hybridized carbons (Fsp3) is 0.381. The number of hydrogen-bond acceptors (Lipinski definition) is 3. The first kappa shape index (κ1) is 19.2. The van der Waals surface area contributed by atoms with Crippen LogP contribution in [-0.2, 0) is 16.0 Å². The summed E-state index contributed by atoms with van der Waals surface area (Å²) in [6.45, 7) is 0. The van der Waals surface area contributed by atoms with E-state index in [1.165, 1.54) is 18.3 Å². The van der Waals surface area contributed by atoms with Gasteiger partial charge in [0, 0.05) is 12.5 Å². The summed E-state index contributed by atoms with van der Waals surface area (Å²) >= 11 is 0. The minimum atomic E-state index is -4.36. The zero-order chi connectivity index (χ0) is 20.2. The van der Waals surface area contributed by atoms with E-state index in [0.717, 1.165) is 67.2 Å². The largest absolute Gasteiger partial charge is 0.416 e. The highest BCUT2D eigenvalue weighted by atomic mass is 32.2. The highest BCUT2D eigenvalue weighted by molar-refractivity contribution is 7.90. The van der Waals surface area contributed by atoms with Gasteiger partial charge in [-0.25, -0.2) is 8.42 Å². The lowest BCUT2D eigenvalue weighted by Crippen LogP contribution is -2.26. The first-order chi connectivity index (χ1) is 13.1. The van der Waals surface area contributed by atoms with Gasteiger partial charge in [0.05, 0.1) is 16.2 Å². The molecule has 2 aliphatic rings. The van der Waals surface area contributed by atoms with Crippen LogP contribution in [0, 0.1) is 5.41 Å².